The Morgan fingerprint density at radius 1 is 1.17 bits per heavy atom. The third-order valence-corrected chi connectivity index (χ3v) is 6.58. The van der Waals surface area contributed by atoms with E-state index in [0.29, 0.717) is 16.4 Å². The van der Waals surface area contributed by atoms with Gasteiger partial charge in [-0.2, -0.15) is 0 Å². The zero-order chi connectivity index (χ0) is 21.4. The number of ether oxygens (including phenoxy) is 1. The Morgan fingerprint density at radius 2 is 1.93 bits per heavy atom. The molecule has 0 radical (unpaired) electrons. The number of H-pyrrole nitrogens is 1. The van der Waals surface area contributed by atoms with Crippen molar-refractivity contribution in [2.45, 2.75) is 17.4 Å². The first-order valence-electron chi connectivity index (χ1n) is 9.03. The lowest BCUT2D eigenvalue weighted by Crippen LogP contribution is -2.42. The van der Waals surface area contributed by atoms with Gasteiger partial charge < -0.3 is 9.72 Å². The number of nitrogens with one attached hydrogen (secondary N) is 2. The van der Waals surface area contributed by atoms with Gasteiger partial charge in [0, 0.05) is 40.5 Å². The van der Waals surface area contributed by atoms with E-state index < -0.39 is 21.3 Å². The number of hydrogen-bond donors (Lipinski definition) is 2. The monoisotopic (exact) mass is 441 g/mol. The second-order valence-electron chi connectivity index (χ2n) is 6.95. The number of aromatic nitrogens is 2. The molecular formula is C21H19N3O4S2. The molecule has 2 aromatic heterocycles. The van der Waals surface area contributed by atoms with E-state index in [0.717, 1.165) is 17.2 Å². The molecule has 154 valence electrons. The lowest BCUT2D eigenvalue weighted by Gasteiger charge is -2.30. The average Bonchev–Trinajstić information content (AvgIpc) is 3.38. The summed E-state index contributed by atoms with van der Waals surface area (Å²) in [6.45, 7) is 1.65. The molecule has 7 nitrogen and oxygen atoms in total. The normalized spacial score (nSPS) is 13.7. The fourth-order valence-corrected chi connectivity index (χ4v) is 4.24. The van der Waals surface area contributed by atoms with E-state index in [-0.39, 0.29) is 4.90 Å². The molecule has 9 heteroatoms. The van der Waals surface area contributed by atoms with Gasteiger partial charge in [0.05, 0.1) is 4.90 Å². The molecule has 1 amide bonds. The highest BCUT2D eigenvalue weighted by atomic mass is 32.2. The van der Waals surface area contributed by atoms with Crippen molar-refractivity contribution in [1.29, 1.82) is 0 Å². The van der Waals surface area contributed by atoms with Crippen molar-refractivity contribution >= 4 is 43.1 Å². The molecule has 1 atom stereocenters. The first-order chi connectivity index (χ1) is 14.3. The van der Waals surface area contributed by atoms with Crippen LogP contribution in [0.1, 0.15) is 12.5 Å². The number of sulfone groups is 1. The number of nitrogens with zero attached hydrogens (tertiary/aromatic N) is 1. The molecule has 2 aromatic carbocycles. The van der Waals surface area contributed by atoms with E-state index >= 15 is 0 Å². The van der Waals surface area contributed by atoms with Gasteiger partial charge in [0.2, 0.25) is 5.60 Å². The van der Waals surface area contributed by atoms with Gasteiger partial charge in [0.15, 0.2) is 15.0 Å². The average molecular weight is 442 g/mol. The highest BCUT2D eigenvalue weighted by molar-refractivity contribution is 7.90. The number of aromatic amines is 1. The van der Waals surface area contributed by atoms with E-state index in [1.165, 1.54) is 23.5 Å². The smallest absolute Gasteiger partial charge is 0.274 e. The Hall–Kier alpha value is -3.17. The molecule has 0 saturated heterocycles. The third-order valence-electron chi connectivity index (χ3n) is 4.77. The van der Waals surface area contributed by atoms with Crippen molar-refractivity contribution in [1.82, 2.24) is 9.97 Å². The van der Waals surface area contributed by atoms with Crippen molar-refractivity contribution in [2.75, 3.05) is 11.6 Å². The SMILES string of the molecule is CC(Oc1ccc2[nH]ccc2c1)(C(=O)Nc1nccs1)c1ccc(S(C)(=O)=O)cc1. The summed E-state index contributed by atoms with van der Waals surface area (Å²) in [5, 5.41) is 5.93. The van der Waals surface area contributed by atoms with Gasteiger partial charge in [-0.1, -0.05) is 12.1 Å². The van der Waals surface area contributed by atoms with Crippen LogP contribution in [0.2, 0.25) is 0 Å². The zero-order valence-corrected chi connectivity index (χ0v) is 17.9. The highest BCUT2D eigenvalue weighted by Crippen LogP contribution is 2.32. The predicted octanol–water partition coefficient (Wildman–Crippen LogP) is 3.96. The van der Waals surface area contributed by atoms with Crippen molar-refractivity contribution in [2.24, 2.45) is 0 Å². The summed E-state index contributed by atoms with van der Waals surface area (Å²) in [6.07, 6.45) is 4.56. The third kappa shape index (κ3) is 3.94. The minimum absolute atomic E-state index is 0.169. The second kappa shape index (κ2) is 7.58. The largest absolute Gasteiger partial charge is 0.473 e. The highest BCUT2D eigenvalue weighted by Gasteiger charge is 2.38. The first-order valence-corrected chi connectivity index (χ1v) is 11.8. The number of fused-ring (bicyclic) bond motifs is 1. The standard InChI is InChI=1S/C21H19N3O4S2/c1-21(19(25)24-20-23-11-12-29-20,15-3-6-17(7-4-15)30(2,26)27)28-16-5-8-18-14(13-16)9-10-22-18/h3-13,22H,1-2H3,(H,23,24,25). The van der Waals surface area contributed by atoms with Crippen LogP contribution in [-0.4, -0.2) is 30.5 Å². The zero-order valence-electron chi connectivity index (χ0n) is 16.2. The van der Waals surface area contributed by atoms with Crippen LogP contribution < -0.4 is 10.1 Å². The first kappa shape index (κ1) is 20.1. The minimum atomic E-state index is -3.36. The van der Waals surface area contributed by atoms with Gasteiger partial charge in [0.1, 0.15) is 5.75 Å². The van der Waals surface area contributed by atoms with Crippen LogP contribution in [0.4, 0.5) is 5.13 Å². The van der Waals surface area contributed by atoms with Crippen LogP contribution in [0.25, 0.3) is 10.9 Å². The molecule has 1 unspecified atom stereocenters. The molecule has 4 aromatic rings. The fraction of sp³-hybridized carbons (Fsp3) is 0.143. The van der Waals surface area contributed by atoms with Gasteiger partial charge in [-0.15, -0.1) is 11.3 Å². The van der Waals surface area contributed by atoms with Gasteiger partial charge >= 0.3 is 0 Å². The van der Waals surface area contributed by atoms with Gasteiger partial charge in [-0.3, -0.25) is 10.1 Å². The number of amides is 1. The number of anilines is 1. The predicted molar refractivity (Wildman–Crippen MR) is 117 cm³/mol. The van der Waals surface area contributed by atoms with Crippen LogP contribution in [0.5, 0.6) is 5.75 Å². The van der Waals surface area contributed by atoms with E-state index in [2.05, 4.69) is 15.3 Å². The molecule has 2 heterocycles. The number of benzene rings is 2. The molecule has 0 aliphatic carbocycles. The summed E-state index contributed by atoms with van der Waals surface area (Å²) in [4.78, 5) is 20.6. The number of rotatable bonds is 6. The van der Waals surface area contributed by atoms with Crippen molar-refractivity contribution in [3.05, 3.63) is 71.9 Å². The summed E-state index contributed by atoms with van der Waals surface area (Å²) in [6, 6.07) is 13.5. The lowest BCUT2D eigenvalue weighted by atomic mass is 9.94. The molecular weight excluding hydrogens is 422 g/mol. The number of thiazole rings is 1. The van der Waals surface area contributed by atoms with Gasteiger partial charge in [0.25, 0.3) is 5.91 Å². The van der Waals surface area contributed by atoms with Crippen molar-refractivity contribution < 1.29 is 17.9 Å². The van der Waals surface area contributed by atoms with Gasteiger partial charge in [-0.25, -0.2) is 13.4 Å². The Labute approximate surface area is 177 Å². The minimum Gasteiger partial charge on any atom is -0.473 e. The maximum Gasteiger partial charge on any atom is 0.274 e. The van der Waals surface area contributed by atoms with E-state index in [1.807, 2.05) is 24.4 Å². The summed E-state index contributed by atoms with van der Waals surface area (Å²) in [5.41, 5.74) is 0.0398. The van der Waals surface area contributed by atoms with Crippen LogP contribution in [-0.2, 0) is 20.2 Å². The lowest BCUT2D eigenvalue weighted by molar-refractivity contribution is -0.130. The Kier molecular flexibility index (Phi) is 5.08. The Balaban J connectivity index is 1.74. The molecule has 0 aliphatic heterocycles. The molecule has 0 spiro atoms. The van der Waals surface area contributed by atoms with E-state index in [4.69, 9.17) is 4.74 Å². The van der Waals surface area contributed by atoms with E-state index in [9.17, 15) is 13.2 Å². The van der Waals surface area contributed by atoms with Crippen LogP contribution in [0.15, 0.2) is 71.2 Å². The van der Waals surface area contributed by atoms with Crippen LogP contribution in [0, 0.1) is 0 Å². The number of carbonyl (C=O) groups excluding carboxylic acids is 1. The Bertz CT molecular complexity index is 1300. The molecule has 0 aliphatic rings. The topological polar surface area (TPSA) is 101 Å². The summed E-state index contributed by atoms with van der Waals surface area (Å²) < 4.78 is 29.8. The quantitative estimate of drug-likeness (QED) is 0.472. The van der Waals surface area contributed by atoms with Crippen LogP contribution >= 0.6 is 11.3 Å². The fourth-order valence-electron chi connectivity index (χ4n) is 3.09. The van der Waals surface area contributed by atoms with Crippen molar-refractivity contribution in [3.8, 4) is 5.75 Å². The molecule has 4 rings (SSSR count). The maximum atomic E-state index is 13.2. The summed E-state index contributed by atoms with van der Waals surface area (Å²) in [5.74, 6) is 0.0878. The van der Waals surface area contributed by atoms with Crippen molar-refractivity contribution in [3.63, 3.8) is 0 Å². The molecule has 0 saturated carbocycles. The Morgan fingerprint density at radius 3 is 2.60 bits per heavy atom. The van der Waals surface area contributed by atoms with Gasteiger partial charge in [-0.05, 0) is 43.3 Å². The summed E-state index contributed by atoms with van der Waals surface area (Å²) >= 11 is 1.30. The number of hydrogen-bond acceptors (Lipinski definition) is 6. The molecule has 0 bridgehead atoms. The molecule has 0 fully saturated rings. The molecule has 2 N–H and O–H groups in total. The van der Waals surface area contributed by atoms with Crippen LogP contribution in [0.3, 0.4) is 0 Å². The number of carbonyl (C=O) groups is 1. The maximum absolute atomic E-state index is 13.2. The van der Waals surface area contributed by atoms with E-state index in [1.54, 1.807) is 36.7 Å². The summed E-state index contributed by atoms with van der Waals surface area (Å²) in [7, 11) is -3.36. The molecule has 30 heavy (non-hydrogen) atoms. The second-order valence-corrected chi connectivity index (χ2v) is 9.86.